The quantitative estimate of drug-likeness (QED) is 0.432. The fourth-order valence-electron chi connectivity index (χ4n) is 4.15. The molecular formula is C26H30ClN3O5S. The number of rotatable bonds is 10. The summed E-state index contributed by atoms with van der Waals surface area (Å²) < 4.78 is 24.5. The van der Waals surface area contributed by atoms with E-state index in [-0.39, 0.29) is 23.3 Å². The number of benzene rings is 2. The van der Waals surface area contributed by atoms with Crippen molar-refractivity contribution in [3.05, 3.63) is 80.6 Å². The highest BCUT2D eigenvalue weighted by molar-refractivity contribution is 7.80. The molecule has 2 aromatic carbocycles. The average molecular weight is 532 g/mol. The van der Waals surface area contributed by atoms with Crippen LogP contribution in [0.5, 0.6) is 0 Å². The highest BCUT2D eigenvalue weighted by Crippen LogP contribution is 2.17. The molecule has 4 rings (SSSR count). The van der Waals surface area contributed by atoms with Crippen molar-refractivity contribution in [3.63, 3.8) is 0 Å². The lowest BCUT2D eigenvalue weighted by Crippen LogP contribution is -2.35. The summed E-state index contributed by atoms with van der Waals surface area (Å²) in [7, 11) is 0. The molecule has 1 fully saturated rings. The molecule has 2 heterocycles. The molecule has 3 aromatic rings. The Morgan fingerprint density at radius 3 is 2.58 bits per heavy atom. The number of morpholine rings is 1. The van der Waals surface area contributed by atoms with E-state index in [4.69, 9.17) is 20.5 Å². The zero-order chi connectivity index (χ0) is 25.5. The Bertz CT molecular complexity index is 1290. The van der Waals surface area contributed by atoms with Crippen molar-refractivity contribution >= 4 is 39.5 Å². The van der Waals surface area contributed by atoms with Crippen molar-refractivity contribution in [2.45, 2.75) is 26.6 Å². The van der Waals surface area contributed by atoms with E-state index in [9.17, 15) is 13.8 Å². The topological polar surface area (TPSA) is 89.9 Å². The van der Waals surface area contributed by atoms with Crippen LogP contribution in [0.1, 0.15) is 28.4 Å². The van der Waals surface area contributed by atoms with E-state index in [0.29, 0.717) is 48.8 Å². The zero-order valence-electron chi connectivity index (χ0n) is 20.2. The minimum Gasteiger partial charge on any atom is -0.379 e. The van der Waals surface area contributed by atoms with E-state index < -0.39 is 17.0 Å². The number of carbonyl (C=O) groups excluding carboxylic acids is 1. The molecule has 8 nitrogen and oxygen atoms in total. The maximum Gasteiger partial charge on any atom is 0.257 e. The summed E-state index contributed by atoms with van der Waals surface area (Å²) >= 11 is 4.48. The summed E-state index contributed by atoms with van der Waals surface area (Å²) in [6, 6.07) is 12.9. The second-order valence-electron chi connectivity index (χ2n) is 8.53. The third kappa shape index (κ3) is 6.80. The Morgan fingerprint density at radius 1 is 1.14 bits per heavy atom. The Kier molecular flexibility index (Phi) is 9.28. The van der Waals surface area contributed by atoms with Gasteiger partial charge >= 0.3 is 0 Å². The molecular weight excluding hydrogens is 502 g/mol. The Balaban J connectivity index is 1.64. The molecule has 1 saturated heterocycles. The predicted molar refractivity (Wildman–Crippen MR) is 142 cm³/mol. The van der Waals surface area contributed by atoms with E-state index >= 15 is 0 Å². The summed E-state index contributed by atoms with van der Waals surface area (Å²) in [6.45, 7) is 6.47. The van der Waals surface area contributed by atoms with Gasteiger partial charge in [0.1, 0.15) is 5.56 Å². The number of hydrogen-bond acceptors (Lipinski definition) is 6. The smallest absolute Gasteiger partial charge is 0.257 e. The van der Waals surface area contributed by atoms with E-state index in [2.05, 4.69) is 10.2 Å². The molecule has 1 aliphatic heterocycles. The Labute approximate surface area is 217 Å². The van der Waals surface area contributed by atoms with Crippen LogP contribution in [0.3, 0.4) is 0 Å². The Morgan fingerprint density at radius 2 is 1.86 bits per heavy atom. The third-order valence-electron chi connectivity index (χ3n) is 6.01. The van der Waals surface area contributed by atoms with Gasteiger partial charge in [-0.3, -0.25) is 18.7 Å². The lowest BCUT2D eigenvalue weighted by molar-refractivity contribution is 0.0342. The van der Waals surface area contributed by atoms with Crippen molar-refractivity contribution in [2.24, 2.45) is 0 Å². The normalized spacial score (nSPS) is 15.2. The van der Waals surface area contributed by atoms with Gasteiger partial charge in [-0.25, -0.2) is 4.21 Å². The standard InChI is InChI=1S/C26H30ClN3O5S/c1-2-35-36(33)14-11-30-18-23(26(32)28-16-19-3-6-21(27)7-4-19)25(31)22-15-20(5-8-24(22)30)17-29-9-12-34-13-10-29/h3-8,15,18H,2,9-14,16-17H2,1H3,(H,28,32). The molecule has 0 aliphatic carbocycles. The van der Waals surface area contributed by atoms with Gasteiger partial charge in [-0.2, -0.15) is 0 Å². The van der Waals surface area contributed by atoms with E-state index in [1.54, 1.807) is 25.3 Å². The lowest BCUT2D eigenvalue weighted by atomic mass is 10.1. The van der Waals surface area contributed by atoms with Crippen LogP contribution in [0, 0.1) is 0 Å². The first kappa shape index (κ1) is 26.5. The molecule has 10 heteroatoms. The van der Waals surface area contributed by atoms with Crippen molar-refractivity contribution in [1.29, 1.82) is 0 Å². The number of amides is 1. The number of carbonyl (C=O) groups is 1. The first-order valence-corrected chi connectivity index (χ1v) is 13.6. The first-order valence-electron chi connectivity index (χ1n) is 11.9. The van der Waals surface area contributed by atoms with Gasteiger partial charge in [-0.15, -0.1) is 0 Å². The number of fused-ring (bicyclic) bond motifs is 1. The van der Waals surface area contributed by atoms with Crippen molar-refractivity contribution in [2.75, 3.05) is 38.7 Å². The van der Waals surface area contributed by atoms with Crippen LogP contribution >= 0.6 is 11.6 Å². The van der Waals surface area contributed by atoms with Gasteiger partial charge in [0.25, 0.3) is 5.91 Å². The van der Waals surface area contributed by atoms with Gasteiger partial charge in [-0.05, 0) is 42.3 Å². The highest BCUT2D eigenvalue weighted by Gasteiger charge is 2.18. The fourth-order valence-corrected chi connectivity index (χ4v) is 5.00. The number of nitrogens with zero attached hydrogens (tertiary/aromatic N) is 2. The van der Waals surface area contributed by atoms with Crippen LogP contribution in [0.25, 0.3) is 10.9 Å². The molecule has 1 N–H and O–H groups in total. The second kappa shape index (κ2) is 12.6. The largest absolute Gasteiger partial charge is 0.379 e. The fraction of sp³-hybridized carbons (Fsp3) is 0.385. The van der Waals surface area contributed by atoms with Gasteiger partial charge in [0.2, 0.25) is 5.43 Å². The molecule has 1 atom stereocenters. The molecule has 1 unspecified atom stereocenters. The monoisotopic (exact) mass is 531 g/mol. The number of hydrogen-bond donors (Lipinski definition) is 1. The first-order chi connectivity index (χ1) is 17.4. The molecule has 0 bridgehead atoms. The van der Waals surface area contributed by atoms with E-state index in [1.165, 1.54) is 0 Å². The van der Waals surface area contributed by atoms with Gasteiger partial charge < -0.3 is 14.6 Å². The minimum absolute atomic E-state index is 0.0437. The number of aromatic nitrogens is 1. The molecule has 0 saturated carbocycles. The molecule has 1 aromatic heterocycles. The van der Waals surface area contributed by atoms with E-state index in [1.807, 2.05) is 34.9 Å². The van der Waals surface area contributed by atoms with Crippen LogP contribution in [0.2, 0.25) is 5.02 Å². The van der Waals surface area contributed by atoms with Gasteiger partial charge in [0.15, 0.2) is 11.1 Å². The van der Waals surface area contributed by atoms with Crippen LogP contribution in [0.4, 0.5) is 0 Å². The van der Waals surface area contributed by atoms with Crippen molar-refractivity contribution < 1.29 is 17.9 Å². The van der Waals surface area contributed by atoms with Crippen LogP contribution < -0.4 is 10.7 Å². The van der Waals surface area contributed by atoms with Crippen molar-refractivity contribution in [1.82, 2.24) is 14.8 Å². The van der Waals surface area contributed by atoms with Gasteiger partial charge in [-0.1, -0.05) is 29.8 Å². The SMILES string of the molecule is CCOS(=O)CCn1cc(C(=O)NCc2ccc(Cl)cc2)c(=O)c2cc(CN3CCOCC3)ccc21. The van der Waals surface area contributed by atoms with Gasteiger partial charge in [0.05, 0.1) is 31.1 Å². The van der Waals surface area contributed by atoms with Crippen LogP contribution in [0.15, 0.2) is 53.5 Å². The molecule has 1 aliphatic rings. The predicted octanol–water partition coefficient (Wildman–Crippen LogP) is 3.12. The van der Waals surface area contributed by atoms with E-state index in [0.717, 1.165) is 24.2 Å². The van der Waals surface area contributed by atoms with Crippen molar-refractivity contribution in [3.8, 4) is 0 Å². The lowest BCUT2D eigenvalue weighted by Gasteiger charge is -2.26. The molecule has 1 amide bonds. The summed E-state index contributed by atoms with van der Waals surface area (Å²) in [4.78, 5) is 28.8. The third-order valence-corrected chi connectivity index (χ3v) is 7.28. The summed E-state index contributed by atoms with van der Waals surface area (Å²) in [6.07, 6.45) is 1.55. The number of halogens is 1. The molecule has 0 spiro atoms. The molecule has 36 heavy (non-hydrogen) atoms. The summed E-state index contributed by atoms with van der Waals surface area (Å²) in [5, 5.41) is 3.90. The second-order valence-corrected chi connectivity index (χ2v) is 10.2. The Hall–Kier alpha value is -2.56. The maximum atomic E-state index is 13.5. The minimum atomic E-state index is -1.45. The number of aryl methyl sites for hydroxylation is 1. The van der Waals surface area contributed by atoms with Crippen LogP contribution in [-0.4, -0.2) is 58.2 Å². The number of nitrogens with one attached hydrogen (secondary N) is 1. The summed E-state index contributed by atoms with van der Waals surface area (Å²) in [5.41, 5.74) is 2.26. The molecule has 0 radical (unpaired) electrons. The molecule has 192 valence electrons. The number of pyridine rings is 1. The highest BCUT2D eigenvalue weighted by atomic mass is 35.5. The van der Waals surface area contributed by atoms with Crippen LogP contribution in [-0.2, 0) is 39.6 Å². The maximum absolute atomic E-state index is 13.5. The zero-order valence-corrected chi connectivity index (χ0v) is 21.8. The van der Waals surface area contributed by atoms with Gasteiger partial charge in [0, 0.05) is 49.3 Å². The number of ether oxygens (including phenoxy) is 1. The summed E-state index contributed by atoms with van der Waals surface area (Å²) in [5.74, 6) is -0.220. The average Bonchev–Trinajstić information content (AvgIpc) is 2.89.